The number of halogens is 1. The zero-order valence-corrected chi connectivity index (χ0v) is 17.0. The lowest BCUT2D eigenvalue weighted by Crippen LogP contribution is -2.51. The molecule has 2 rings (SSSR count). The van der Waals surface area contributed by atoms with E-state index in [-0.39, 0.29) is 22.5 Å². The van der Waals surface area contributed by atoms with Gasteiger partial charge in [0.25, 0.3) is 0 Å². The van der Waals surface area contributed by atoms with Crippen molar-refractivity contribution in [1.29, 1.82) is 0 Å². The summed E-state index contributed by atoms with van der Waals surface area (Å²) in [5, 5.41) is 0.191. The van der Waals surface area contributed by atoms with Crippen LogP contribution in [0.2, 0.25) is 18.1 Å². The molecule has 2 aliphatic rings. The highest BCUT2D eigenvalue weighted by Gasteiger charge is 2.58. The van der Waals surface area contributed by atoms with Crippen molar-refractivity contribution in [1.82, 2.24) is 0 Å². The normalized spacial score (nSPS) is 38.0. The molecule has 23 heavy (non-hydrogen) atoms. The monoisotopic (exact) mass is 342 g/mol. The van der Waals surface area contributed by atoms with E-state index < -0.39 is 14.0 Å². The summed E-state index contributed by atoms with van der Waals surface area (Å²) >= 11 is 0. The molecule has 0 spiro atoms. The van der Waals surface area contributed by atoms with Crippen LogP contribution in [0, 0.1) is 17.3 Å². The van der Waals surface area contributed by atoms with Crippen molar-refractivity contribution in [2.24, 2.45) is 17.3 Å². The lowest BCUT2D eigenvalue weighted by Gasteiger charge is -2.50. The van der Waals surface area contributed by atoms with E-state index in [2.05, 4.69) is 40.8 Å². The van der Waals surface area contributed by atoms with Gasteiger partial charge in [-0.15, -0.1) is 0 Å². The van der Waals surface area contributed by atoms with Crippen LogP contribution in [-0.2, 0) is 9.22 Å². The quantitative estimate of drug-likeness (QED) is 0.496. The molecule has 0 radical (unpaired) electrons. The maximum absolute atomic E-state index is 14.8. The maximum Gasteiger partial charge on any atom is 0.192 e. The molecule has 4 heteroatoms. The standard InChI is InChI=1S/C19H35FO2Si/c1-17(2,3)23(6,7)22-15-9-8-12-18(4)14(15)10-11-16(18)19(5,20)13-21/h13-16H,8-12H2,1-7H3/t14-,15-,16-,18-,19-/m0/s1. The molecular weight excluding hydrogens is 307 g/mol. The third-order valence-corrected chi connectivity index (χ3v) is 11.7. The van der Waals surface area contributed by atoms with Gasteiger partial charge in [0.1, 0.15) is 0 Å². The van der Waals surface area contributed by atoms with E-state index in [0.717, 1.165) is 32.1 Å². The molecule has 2 fully saturated rings. The summed E-state index contributed by atoms with van der Waals surface area (Å²) in [6.07, 6.45) is 5.76. The number of hydrogen-bond acceptors (Lipinski definition) is 2. The second-order valence-electron chi connectivity index (χ2n) is 9.82. The third-order valence-electron chi connectivity index (χ3n) is 7.23. The topological polar surface area (TPSA) is 26.3 Å². The summed E-state index contributed by atoms with van der Waals surface area (Å²) in [5.74, 6) is 0.230. The van der Waals surface area contributed by atoms with Gasteiger partial charge in [-0.25, -0.2) is 4.39 Å². The Balaban J connectivity index is 2.23. The van der Waals surface area contributed by atoms with Crippen molar-refractivity contribution < 1.29 is 13.6 Å². The van der Waals surface area contributed by atoms with Crippen molar-refractivity contribution in [3.8, 4) is 0 Å². The Morgan fingerprint density at radius 1 is 1.17 bits per heavy atom. The van der Waals surface area contributed by atoms with Crippen LogP contribution in [0.15, 0.2) is 0 Å². The van der Waals surface area contributed by atoms with E-state index in [4.69, 9.17) is 4.43 Å². The fraction of sp³-hybridized carbons (Fsp3) is 0.947. The molecule has 5 atom stereocenters. The van der Waals surface area contributed by atoms with Crippen LogP contribution in [0.25, 0.3) is 0 Å². The summed E-state index contributed by atoms with van der Waals surface area (Å²) in [7, 11) is -1.82. The zero-order chi connectivity index (χ0) is 17.7. The first-order valence-corrected chi connectivity index (χ1v) is 12.1. The summed E-state index contributed by atoms with van der Waals surface area (Å²) in [5.41, 5.74) is -1.81. The van der Waals surface area contributed by atoms with Crippen LogP contribution >= 0.6 is 0 Å². The summed E-state index contributed by atoms with van der Waals surface area (Å²) in [4.78, 5) is 11.3. The summed E-state index contributed by atoms with van der Waals surface area (Å²) in [6.45, 7) is 15.1. The molecule has 0 saturated heterocycles. The van der Waals surface area contributed by atoms with Gasteiger partial charge in [0, 0.05) is 12.0 Å². The lowest BCUT2D eigenvalue weighted by atomic mass is 9.61. The van der Waals surface area contributed by atoms with Crippen LogP contribution in [0.5, 0.6) is 0 Å². The molecule has 0 aromatic rings. The minimum atomic E-state index is -1.82. The molecule has 0 unspecified atom stereocenters. The highest BCUT2D eigenvalue weighted by atomic mass is 28.4. The largest absolute Gasteiger partial charge is 0.414 e. The molecule has 0 aromatic heterocycles. The number of alkyl halides is 1. The van der Waals surface area contributed by atoms with Gasteiger partial charge in [0.2, 0.25) is 0 Å². The van der Waals surface area contributed by atoms with Gasteiger partial charge < -0.3 is 4.43 Å². The van der Waals surface area contributed by atoms with Gasteiger partial charge in [0.15, 0.2) is 20.3 Å². The first kappa shape index (κ1) is 19.1. The first-order chi connectivity index (χ1) is 10.4. The maximum atomic E-state index is 14.8. The SMILES string of the molecule is CC(C)(C)[Si](C)(C)O[C@H]1CCC[C@@]2(C)[C@H]1CC[C@@H]2[C@@](C)(F)C=O. The molecular formula is C19H35FO2Si. The lowest BCUT2D eigenvalue weighted by molar-refractivity contribution is -0.125. The van der Waals surface area contributed by atoms with Crippen LogP contribution in [0.3, 0.4) is 0 Å². The van der Waals surface area contributed by atoms with Crippen LogP contribution < -0.4 is 0 Å². The van der Waals surface area contributed by atoms with Gasteiger partial charge >= 0.3 is 0 Å². The number of fused-ring (bicyclic) bond motifs is 1. The molecule has 2 saturated carbocycles. The number of carbonyl (C=O) groups is 1. The van der Waals surface area contributed by atoms with E-state index in [0.29, 0.717) is 12.2 Å². The van der Waals surface area contributed by atoms with Crippen LogP contribution in [-0.4, -0.2) is 26.4 Å². The molecule has 134 valence electrons. The molecule has 0 aliphatic heterocycles. The predicted molar refractivity (Wildman–Crippen MR) is 95.8 cm³/mol. The van der Waals surface area contributed by atoms with Gasteiger partial charge in [-0.2, -0.15) is 0 Å². The predicted octanol–water partition coefficient (Wildman–Crippen LogP) is 5.52. The molecule has 2 nitrogen and oxygen atoms in total. The van der Waals surface area contributed by atoms with Gasteiger partial charge in [-0.1, -0.05) is 34.1 Å². The Hall–Kier alpha value is -0.223. The Morgan fingerprint density at radius 3 is 2.30 bits per heavy atom. The molecule has 0 amide bonds. The molecule has 0 heterocycles. The highest BCUT2D eigenvalue weighted by molar-refractivity contribution is 6.74. The Kier molecular flexibility index (Phi) is 4.94. The Bertz CT molecular complexity index is 455. The van der Waals surface area contributed by atoms with Crippen LogP contribution in [0.1, 0.15) is 66.7 Å². The summed E-state index contributed by atoms with van der Waals surface area (Å²) < 4.78 is 21.5. The van der Waals surface area contributed by atoms with Crippen molar-refractivity contribution in [2.45, 2.75) is 96.6 Å². The van der Waals surface area contributed by atoms with Gasteiger partial charge in [0.05, 0.1) is 0 Å². The summed E-state index contributed by atoms with van der Waals surface area (Å²) in [6, 6.07) is 0. The van der Waals surface area contributed by atoms with E-state index >= 15 is 0 Å². The second-order valence-corrected chi connectivity index (χ2v) is 14.6. The van der Waals surface area contributed by atoms with Crippen molar-refractivity contribution in [3.63, 3.8) is 0 Å². The van der Waals surface area contributed by atoms with E-state index in [1.807, 2.05) is 0 Å². The van der Waals surface area contributed by atoms with Crippen LogP contribution in [0.4, 0.5) is 4.39 Å². The Labute approximate surface area is 142 Å². The molecule has 2 aliphatic carbocycles. The second kappa shape index (κ2) is 5.94. The van der Waals surface area contributed by atoms with Crippen molar-refractivity contribution >= 4 is 14.6 Å². The molecule has 0 N–H and O–H groups in total. The number of carbonyl (C=O) groups excluding carboxylic acids is 1. The fourth-order valence-electron chi connectivity index (χ4n) is 4.82. The highest BCUT2D eigenvalue weighted by Crippen LogP contribution is 2.60. The average molecular weight is 343 g/mol. The van der Waals surface area contributed by atoms with E-state index in [1.54, 1.807) is 0 Å². The molecule has 0 bridgehead atoms. The third kappa shape index (κ3) is 3.30. The zero-order valence-electron chi connectivity index (χ0n) is 16.0. The number of rotatable bonds is 4. The minimum Gasteiger partial charge on any atom is -0.414 e. The van der Waals surface area contributed by atoms with E-state index in [9.17, 15) is 9.18 Å². The number of hydrogen-bond donors (Lipinski definition) is 0. The first-order valence-electron chi connectivity index (χ1n) is 9.18. The van der Waals surface area contributed by atoms with Gasteiger partial charge in [-0.05, 0) is 62.1 Å². The van der Waals surface area contributed by atoms with Crippen molar-refractivity contribution in [3.05, 3.63) is 0 Å². The number of aldehydes is 1. The average Bonchev–Trinajstić information content (AvgIpc) is 2.76. The smallest absolute Gasteiger partial charge is 0.192 e. The molecule has 0 aromatic carbocycles. The Morgan fingerprint density at radius 2 is 1.78 bits per heavy atom. The minimum absolute atomic E-state index is 0.101. The van der Waals surface area contributed by atoms with Crippen molar-refractivity contribution in [2.75, 3.05) is 0 Å². The van der Waals surface area contributed by atoms with Gasteiger partial charge in [-0.3, -0.25) is 4.79 Å². The fourth-order valence-corrected chi connectivity index (χ4v) is 6.22. The van der Waals surface area contributed by atoms with E-state index in [1.165, 1.54) is 6.92 Å².